The van der Waals surface area contributed by atoms with E-state index >= 15 is 0 Å². The number of nitrogens with one attached hydrogen (secondary N) is 1. The highest BCUT2D eigenvalue weighted by molar-refractivity contribution is 7.99. The number of carbonyl (C=O) groups is 1. The van der Waals surface area contributed by atoms with E-state index in [1.165, 1.54) is 19.3 Å². The van der Waals surface area contributed by atoms with Gasteiger partial charge >= 0.3 is 0 Å². The van der Waals surface area contributed by atoms with Crippen LogP contribution in [-0.4, -0.2) is 30.0 Å². The second-order valence-electron chi connectivity index (χ2n) is 4.96. The number of thioether (sulfide) groups is 1. The lowest BCUT2D eigenvalue weighted by Gasteiger charge is -2.32. The predicted octanol–water partition coefficient (Wildman–Crippen LogP) is 1.37. The van der Waals surface area contributed by atoms with E-state index in [4.69, 9.17) is 5.73 Å². The Morgan fingerprint density at radius 3 is 2.81 bits per heavy atom. The van der Waals surface area contributed by atoms with E-state index in [2.05, 4.69) is 5.32 Å². The average Bonchev–Trinajstić information content (AvgIpc) is 2.83. The molecule has 1 saturated carbocycles. The molecule has 3 unspecified atom stereocenters. The van der Waals surface area contributed by atoms with Gasteiger partial charge in [0.1, 0.15) is 0 Å². The summed E-state index contributed by atoms with van der Waals surface area (Å²) in [7, 11) is 0. The van der Waals surface area contributed by atoms with E-state index in [1.54, 1.807) is 0 Å². The molecule has 0 bridgehead atoms. The van der Waals surface area contributed by atoms with Crippen molar-refractivity contribution in [3.63, 3.8) is 0 Å². The van der Waals surface area contributed by atoms with Crippen molar-refractivity contribution in [2.24, 2.45) is 17.6 Å². The van der Waals surface area contributed by atoms with Gasteiger partial charge in [0.15, 0.2) is 0 Å². The zero-order valence-electron chi connectivity index (χ0n) is 9.78. The highest BCUT2D eigenvalue weighted by Gasteiger charge is 2.29. The summed E-state index contributed by atoms with van der Waals surface area (Å²) in [5.41, 5.74) is 5.77. The van der Waals surface area contributed by atoms with Crippen molar-refractivity contribution in [1.82, 2.24) is 5.32 Å². The molecule has 92 valence electrons. The smallest absolute Gasteiger partial charge is 0.224 e. The van der Waals surface area contributed by atoms with Gasteiger partial charge in [-0.1, -0.05) is 12.8 Å². The Bertz CT molecular complexity index is 241. The minimum atomic E-state index is 0.255. The normalized spacial score (nSPS) is 34.9. The van der Waals surface area contributed by atoms with E-state index < -0.39 is 0 Å². The zero-order valence-corrected chi connectivity index (χ0v) is 10.6. The predicted molar refractivity (Wildman–Crippen MR) is 68.4 cm³/mol. The molecule has 2 fully saturated rings. The van der Waals surface area contributed by atoms with Crippen LogP contribution in [0.5, 0.6) is 0 Å². The maximum absolute atomic E-state index is 12.0. The van der Waals surface area contributed by atoms with Gasteiger partial charge < -0.3 is 11.1 Å². The molecule has 1 aliphatic carbocycles. The van der Waals surface area contributed by atoms with Gasteiger partial charge in [0.25, 0.3) is 0 Å². The number of hydrogen-bond donors (Lipinski definition) is 2. The number of amides is 1. The van der Waals surface area contributed by atoms with E-state index in [-0.39, 0.29) is 11.8 Å². The lowest BCUT2D eigenvalue weighted by molar-refractivity contribution is -0.125. The van der Waals surface area contributed by atoms with Crippen LogP contribution in [0.25, 0.3) is 0 Å². The van der Waals surface area contributed by atoms with Crippen LogP contribution in [0.15, 0.2) is 0 Å². The Balaban J connectivity index is 1.84. The minimum absolute atomic E-state index is 0.255. The van der Waals surface area contributed by atoms with Crippen LogP contribution < -0.4 is 11.1 Å². The van der Waals surface area contributed by atoms with E-state index in [9.17, 15) is 4.79 Å². The molecule has 3 N–H and O–H groups in total. The zero-order chi connectivity index (χ0) is 11.4. The van der Waals surface area contributed by atoms with Crippen LogP contribution in [0.3, 0.4) is 0 Å². The summed E-state index contributed by atoms with van der Waals surface area (Å²) in [5, 5.41) is 3.23. The molecule has 3 nitrogen and oxygen atoms in total. The van der Waals surface area contributed by atoms with Crippen molar-refractivity contribution in [2.75, 3.05) is 18.1 Å². The third kappa shape index (κ3) is 2.92. The van der Waals surface area contributed by atoms with E-state index in [0.717, 1.165) is 24.3 Å². The van der Waals surface area contributed by atoms with Crippen molar-refractivity contribution in [1.29, 1.82) is 0 Å². The highest BCUT2D eigenvalue weighted by Crippen LogP contribution is 2.26. The fourth-order valence-corrected chi connectivity index (χ4v) is 3.94. The molecule has 1 saturated heterocycles. The summed E-state index contributed by atoms with van der Waals surface area (Å²) >= 11 is 1.89. The molecule has 1 heterocycles. The molecule has 0 aromatic rings. The Kier molecular flexibility index (Phi) is 4.53. The van der Waals surface area contributed by atoms with Gasteiger partial charge in [-0.05, 0) is 37.5 Å². The molecule has 2 aliphatic rings. The maximum Gasteiger partial charge on any atom is 0.224 e. The summed E-state index contributed by atoms with van der Waals surface area (Å²) in [6.45, 7) is 0.713. The van der Waals surface area contributed by atoms with Crippen molar-refractivity contribution in [2.45, 2.75) is 38.1 Å². The first kappa shape index (κ1) is 12.2. The molecule has 0 spiro atoms. The quantitative estimate of drug-likeness (QED) is 0.786. The Morgan fingerprint density at radius 2 is 2.12 bits per heavy atom. The summed E-state index contributed by atoms with van der Waals surface area (Å²) in [6.07, 6.45) is 5.86. The molecule has 1 aliphatic heterocycles. The molecule has 0 aromatic carbocycles. The molecule has 1 amide bonds. The van der Waals surface area contributed by atoms with Gasteiger partial charge in [-0.25, -0.2) is 0 Å². The fourth-order valence-electron chi connectivity index (χ4n) is 2.72. The van der Waals surface area contributed by atoms with Crippen LogP contribution in [0, 0.1) is 11.8 Å². The number of hydrogen-bond acceptors (Lipinski definition) is 3. The summed E-state index contributed by atoms with van der Waals surface area (Å²) in [5.74, 6) is 3.18. The van der Waals surface area contributed by atoms with Crippen LogP contribution in [-0.2, 0) is 4.79 Å². The summed E-state index contributed by atoms with van der Waals surface area (Å²) < 4.78 is 0. The molecule has 0 aromatic heterocycles. The lowest BCUT2D eigenvalue weighted by Crippen LogP contribution is -2.46. The molecule has 16 heavy (non-hydrogen) atoms. The first-order valence-corrected chi connectivity index (χ1v) is 7.55. The number of rotatable bonds is 3. The van der Waals surface area contributed by atoms with E-state index in [0.29, 0.717) is 18.5 Å². The van der Waals surface area contributed by atoms with Gasteiger partial charge in [0.05, 0.1) is 0 Å². The van der Waals surface area contributed by atoms with Crippen LogP contribution in [0.4, 0.5) is 0 Å². The van der Waals surface area contributed by atoms with Gasteiger partial charge in [-0.15, -0.1) is 0 Å². The average molecular weight is 242 g/mol. The Hall–Kier alpha value is -0.220. The van der Waals surface area contributed by atoms with Crippen LogP contribution >= 0.6 is 11.8 Å². The Morgan fingerprint density at radius 1 is 1.31 bits per heavy atom. The molecular weight excluding hydrogens is 220 g/mol. The Labute approximate surface area is 102 Å². The van der Waals surface area contributed by atoms with Crippen molar-refractivity contribution in [3.8, 4) is 0 Å². The van der Waals surface area contributed by atoms with Gasteiger partial charge in [-0.3, -0.25) is 4.79 Å². The third-order valence-corrected chi connectivity index (χ3v) is 5.00. The van der Waals surface area contributed by atoms with Gasteiger partial charge in [-0.2, -0.15) is 11.8 Å². The molecule has 0 radical (unpaired) electrons. The van der Waals surface area contributed by atoms with Gasteiger partial charge in [0.2, 0.25) is 5.91 Å². The summed E-state index contributed by atoms with van der Waals surface area (Å²) in [4.78, 5) is 12.0. The standard InChI is InChI=1S/C12H22N2OS/c13-7-9-3-1-2-4-11(9)14-12(15)10-5-6-16-8-10/h9-11H,1-8,13H2,(H,14,15). The molecular formula is C12H22N2OS. The number of carbonyl (C=O) groups excluding carboxylic acids is 1. The minimum Gasteiger partial charge on any atom is -0.353 e. The molecule has 2 rings (SSSR count). The first-order valence-electron chi connectivity index (χ1n) is 6.39. The topological polar surface area (TPSA) is 55.1 Å². The van der Waals surface area contributed by atoms with Crippen molar-refractivity contribution >= 4 is 17.7 Å². The molecule has 3 atom stereocenters. The van der Waals surface area contributed by atoms with Gasteiger partial charge in [0, 0.05) is 17.7 Å². The van der Waals surface area contributed by atoms with Crippen molar-refractivity contribution in [3.05, 3.63) is 0 Å². The largest absolute Gasteiger partial charge is 0.353 e. The van der Waals surface area contributed by atoms with Crippen LogP contribution in [0.1, 0.15) is 32.1 Å². The second kappa shape index (κ2) is 5.92. The van der Waals surface area contributed by atoms with E-state index in [1.807, 2.05) is 11.8 Å². The van der Waals surface area contributed by atoms with Crippen LogP contribution in [0.2, 0.25) is 0 Å². The summed E-state index contributed by atoms with van der Waals surface area (Å²) in [6, 6.07) is 0.344. The van der Waals surface area contributed by atoms with Crippen molar-refractivity contribution < 1.29 is 4.79 Å². The number of nitrogens with two attached hydrogens (primary N) is 1. The fraction of sp³-hybridized carbons (Fsp3) is 0.917. The third-order valence-electron chi connectivity index (χ3n) is 3.84. The highest BCUT2D eigenvalue weighted by atomic mass is 32.2. The second-order valence-corrected chi connectivity index (χ2v) is 6.11. The molecule has 4 heteroatoms. The maximum atomic E-state index is 12.0. The lowest BCUT2D eigenvalue weighted by atomic mass is 9.84. The monoisotopic (exact) mass is 242 g/mol. The first-order chi connectivity index (χ1) is 7.81. The SMILES string of the molecule is NCC1CCCCC1NC(=O)C1CCSC1.